The van der Waals surface area contributed by atoms with Crippen LogP contribution in [0.5, 0.6) is 5.75 Å². The van der Waals surface area contributed by atoms with Crippen molar-refractivity contribution in [1.29, 1.82) is 5.26 Å². The topological polar surface area (TPSA) is 117 Å². The monoisotopic (exact) mass is 535 g/mol. The van der Waals surface area contributed by atoms with E-state index in [1.807, 2.05) is 0 Å². The summed E-state index contributed by atoms with van der Waals surface area (Å²) in [5, 5.41) is 15.0. The number of piperidine rings is 1. The number of nitrogens with two attached hydrogens (primary N) is 1. The molecule has 0 aliphatic carbocycles. The van der Waals surface area contributed by atoms with Crippen molar-refractivity contribution in [3.05, 3.63) is 22.2 Å². The van der Waals surface area contributed by atoms with Crippen LogP contribution in [0.25, 0.3) is 22.8 Å². The molecule has 2 aliphatic rings. The Labute approximate surface area is 228 Å². The van der Waals surface area contributed by atoms with E-state index in [0.29, 0.717) is 52.3 Å². The van der Waals surface area contributed by atoms with Crippen LogP contribution >= 0.6 is 11.3 Å². The number of anilines is 2. The highest BCUT2D eigenvalue weighted by atomic mass is 32.1. The number of likely N-dealkylation sites (N-methyl/N-ethyl adjacent to an activating group) is 1. The second-order valence-corrected chi connectivity index (χ2v) is 11.4. The average molecular weight is 536 g/mol. The van der Waals surface area contributed by atoms with Gasteiger partial charge in [0.25, 0.3) is 0 Å². The molecule has 0 spiro atoms. The zero-order valence-electron chi connectivity index (χ0n) is 22.8. The van der Waals surface area contributed by atoms with Crippen molar-refractivity contribution in [2.24, 2.45) is 0 Å². The van der Waals surface area contributed by atoms with Gasteiger partial charge in [-0.05, 0) is 52.6 Å². The number of nitrogens with zero attached hydrogens (tertiary/aromatic N) is 6. The lowest BCUT2D eigenvalue weighted by Crippen LogP contribution is -2.55. The number of hydrogen-bond donors (Lipinski definition) is 1. The number of aryl methyl sites for hydroxylation is 1. The van der Waals surface area contributed by atoms with E-state index in [0.717, 1.165) is 79.9 Å². The van der Waals surface area contributed by atoms with E-state index in [1.165, 1.54) is 11.3 Å². The number of aromatic nitrogens is 3. The number of thiophene rings is 1. The maximum absolute atomic E-state index is 9.93. The van der Waals surface area contributed by atoms with Crippen LogP contribution in [0.4, 0.5) is 10.8 Å². The Balaban J connectivity index is 1.60. The first-order valence-electron chi connectivity index (χ1n) is 13.8. The zero-order chi connectivity index (χ0) is 26.8. The van der Waals surface area contributed by atoms with Crippen molar-refractivity contribution in [3.63, 3.8) is 0 Å². The van der Waals surface area contributed by atoms with E-state index in [1.54, 1.807) is 6.20 Å². The maximum Gasteiger partial charge on any atom is 0.184 e. The van der Waals surface area contributed by atoms with Crippen LogP contribution in [0.15, 0.2) is 10.7 Å². The predicted octanol–water partition coefficient (Wildman–Crippen LogP) is 5.29. The third kappa shape index (κ3) is 4.74. The van der Waals surface area contributed by atoms with Crippen molar-refractivity contribution in [1.82, 2.24) is 20.0 Å². The van der Waals surface area contributed by atoms with Gasteiger partial charge in [0.2, 0.25) is 0 Å². The van der Waals surface area contributed by atoms with E-state index in [2.05, 4.69) is 53.8 Å². The van der Waals surface area contributed by atoms with Crippen molar-refractivity contribution in [3.8, 4) is 34.7 Å². The van der Waals surface area contributed by atoms with Crippen LogP contribution in [0.3, 0.4) is 0 Å². The molecule has 2 aliphatic heterocycles. The number of unbranched alkanes of at least 4 members (excludes halogenated alkanes) is 1. The van der Waals surface area contributed by atoms with Gasteiger partial charge in [-0.2, -0.15) is 5.26 Å². The smallest absolute Gasteiger partial charge is 0.184 e. The molecule has 5 heterocycles. The largest absolute Gasteiger partial charge is 0.486 e. The molecule has 0 radical (unpaired) electrons. The molecule has 202 valence electrons. The molecule has 2 atom stereocenters. The van der Waals surface area contributed by atoms with Crippen LogP contribution in [0.1, 0.15) is 68.9 Å². The number of hydrogen-bond acceptors (Lipinski definition) is 10. The first-order valence-corrected chi connectivity index (χ1v) is 14.6. The highest BCUT2D eigenvalue weighted by molar-refractivity contribution is 7.16. The van der Waals surface area contributed by atoms with Crippen molar-refractivity contribution >= 4 is 22.2 Å². The highest BCUT2D eigenvalue weighted by Gasteiger charge is 2.35. The second kappa shape index (κ2) is 11.3. The van der Waals surface area contributed by atoms with Crippen molar-refractivity contribution in [2.75, 3.05) is 37.4 Å². The van der Waals surface area contributed by atoms with Gasteiger partial charge in [0, 0.05) is 22.5 Å². The fourth-order valence-corrected chi connectivity index (χ4v) is 6.81. The Bertz CT molecular complexity index is 1330. The summed E-state index contributed by atoms with van der Waals surface area (Å²) in [5.74, 6) is 2.68. The molecule has 3 aromatic heterocycles. The normalized spacial score (nSPS) is 19.7. The molecule has 5 rings (SSSR count). The zero-order valence-corrected chi connectivity index (χ0v) is 23.6. The van der Waals surface area contributed by atoms with Crippen molar-refractivity contribution in [2.45, 2.75) is 77.8 Å². The molecule has 9 nitrogen and oxygen atoms in total. The fraction of sp³-hybridized carbons (Fsp3) is 0.571. The Kier molecular flexibility index (Phi) is 7.86. The lowest BCUT2D eigenvalue weighted by atomic mass is 9.96. The quantitative estimate of drug-likeness (QED) is 0.410. The molecule has 0 bridgehead atoms. The van der Waals surface area contributed by atoms with Gasteiger partial charge in [0.1, 0.15) is 17.7 Å². The van der Waals surface area contributed by atoms with Crippen LogP contribution in [-0.4, -0.2) is 58.9 Å². The molecule has 0 saturated carbocycles. The lowest BCUT2D eigenvalue weighted by molar-refractivity contribution is 0.162. The van der Waals surface area contributed by atoms with Gasteiger partial charge in [-0.3, -0.25) is 0 Å². The minimum Gasteiger partial charge on any atom is -0.486 e. The molecule has 0 aromatic carbocycles. The van der Waals surface area contributed by atoms with Gasteiger partial charge < -0.3 is 24.8 Å². The molecule has 2 unspecified atom stereocenters. The summed E-state index contributed by atoms with van der Waals surface area (Å²) < 4.78 is 12.0. The Morgan fingerprint density at radius 2 is 2.08 bits per heavy atom. The van der Waals surface area contributed by atoms with Gasteiger partial charge in [-0.25, -0.2) is 9.97 Å². The molecule has 10 heteroatoms. The number of rotatable bonds is 8. The summed E-state index contributed by atoms with van der Waals surface area (Å²) in [4.78, 5) is 15.6. The maximum atomic E-state index is 9.93. The first-order chi connectivity index (χ1) is 18.5. The predicted molar refractivity (Wildman–Crippen MR) is 151 cm³/mol. The van der Waals surface area contributed by atoms with Gasteiger partial charge in [-0.1, -0.05) is 31.8 Å². The van der Waals surface area contributed by atoms with Gasteiger partial charge in [0.05, 0.1) is 23.9 Å². The summed E-state index contributed by atoms with van der Waals surface area (Å²) in [7, 11) is 2.19. The van der Waals surface area contributed by atoms with E-state index < -0.39 is 0 Å². The summed E-state index contributed by atoms with van der Waals surface area (Å²) in [6.07, 6.45) is 8.55. The third-order valence-electron chi connectivity index (χ3n) is 7.87. The van der Waals surface area contributed by atoms with Crippen LogP contribution in [0.2, 0.25) is 0 Å². The van der Waals surface area contributed by atoms with Crippen LogP contribution in [-0.2, 0) is 12.8 Å². The molecule has 1 fully saturated rings. The molecule has 2 N–H and O–H groups in total. The van der Waals surface area contributed by atoms with E-state index in [9.17, 15) is 5.26 Å². The van der Waals surface area contributed by atoms with Gasteiger partial charge in [-0.15, -0.1) is 11.3 Å². The SMILES string of the molecule is CCCCc1c(-c2ncc3c(n2)N(C2CCCN(C)C2C)CCO3)noc1-c1c(CCC)sc(N)c1C#N. The number of likely N-dealkylation sites (tertiary alicyclic amines) is 1. The number of ether oxygens (including phenoxy) is 1. The standard InChI is InChI=1S/C28H37N7O2S/c1-5-7-10-18-24(33-37-25(18)23-19(15-29)26(30)38-22(23)9-6-2)27-31-16-21-28(32-27)35(13-14-36-21)20-11-8-12-34(4)17(20)3/h16-17,20H,5-14,30H2,1-4H3. The summed E-state index contributed by atoms with van der Waals surface area (Å²) in [6, 6.07) is 3.07. The fourth-order valence-electron chi connectivity index (χ4n) is 5.69. The van der Waals surface area contributed by atoms with E-state index in [4.69, 9.17) is 20.0 Å². The summed E-state index contributed by atoms with van der Waals surface area (Å²) >= 11 is 1.47. The molecule has 38 heavy (non-hydrogen) atoms. The third-order valence-corrected chi connectivity index (χ3v) is 8.94. The Hall–Kier alpha value is -3.16. The average Bonchev–Trinajstić information content (AvgIpc) is 3.48. The minimum atomic E-state index is 0.357. The number of nitrogen functional groups attached to an aromatic ring is 1. The van der Waals surface area contributed by atoms with Crippen molar-refractivity contribution < 1.29 is 9.26 Å². The Morgan fingerprint density at radius 1 is 1.24 bits per heavy atom. The number of fused-ring (bicyclic) bond motifs is 1. The molecule has 0 amide bonds. The lowest BCUT2D eigenvalue weighted by Gasteiger charge is -2.45. The molecule has 3 aromatic rings. The van der Waals surface area contributed by atoms with Gasteiger partial charge >= 0.3 is 0 Å². The second-order valence-electron chi connectivity index (χ2n) is 10.3. The number of nitriles is 1. The van der Waals surface area contributed by atoms with Gasteiger partial charge in [0.15, 0.2) is 28.8 Å². The summed E-state index contributed by atoms with van der Waals surface area (Å²) in [5.41, 5.74) is 9.08. The highest BCUT2D eigenvalue weighted by Crippen LogP contribution is 2.43. The van der Waals surface area contributed by atoms with Crippen LogP contribution < -0.4 is 15.4 Å². The molecule has 1 saturated heterocycles. The summed E-state index contributed by atoms with van der Waals surface area (Å²) in [6.45, 7) is 9.10. The minimum absolute atomic E-state index is 0.357. The van der Waals surface area contributed by atoms with Crippen LogP contribution in [0, 0.1) is 11.3 Å². The first kappa shape index (κ1) is 26.4. The molecular formula is C28H37N7O2S. The Morgan fingerprint density at radius 3 is 2.84 bits per heavy atom. The van der Waals surface area contributed by atoms with E-state index >= 15 is 0 Å². The van der Waals surface area contributed by atoms with E-state index in [-0.39, 0.29) is 0 Å². The molecular weight excluding hydrogens is 498 g/mol.